The number of aryl methyl sites for hydroxylation is 1. The number of aliphatic hydroxyl groups is 1. The summed E-state index contributed by atoms with van der Waals surface area (Å²) in [4.78, 5) is 55.4. The summed E-state index contributed by atoms with van der Waals surface area (Å²) in [6.45, 7) is 8.84. The van der Waals surface area contributed by atoms with Crippen molar-refractivity contribution < 1.29 is 29.4 Å². The molecule has 4 rings (SSSR count). The number of aliphatic hydroxyl groups excluding tert-OH is 1. The molecule has 0 fully saturated rings. The van der Waals surface area contributed by atoms with Gasteiger partial charge in [0, 0.05) is 36.9 Å². The van der Waals surface area contributed by atoms with Crippen LogP contribution in [0.25, 0.3) is 5.69 Å². The number of hydrogen-bond donors (Lipinski definition) is 3. The maximum Gasteiger partial charge on any atom is 0.304 e. The number of fused-ring (bicyclic) bond motifs is 1. The summed E-state index contributed by atoms with van der Waals surface area (Å²) in [5.74, 6) is -2.90. The molecule has 11 nitrogen and oxygen atoms in total. The number of carbonyl (C=O) groups excluding carboxylic acids is 3. The number of hydrogen-bond acceptors (Lipinski definition) is 6. The smallest absolute Gasteiger partial charge is 0.304 e. The minimum atomic E-state index is -1.09. The molecule has 2 atom stereocenters. The number of carboxylic acid groups (broad SMARTS) is 1. The van der Waals surface area contributed by atoms with Crippen molar-refractivity contribution in [2.24, 2.45) is 5.92 Å². The average Bonchev–Trinajstić information content (AvgIpc) is 3.44. The van der Waals surface area contributed by atoms with Gasteiger partial charge in [0.15, 0.2) is 5.69 Å². The number of benzene rings is 2. The van der Waals surface area contributed by atoms with E-state index in [1.807, 2.05) is 36.1 Å². The summed E-state index contributed by atoms with van der Waals surface area (Å²) in [6.07, 6.45) is 3.85. The van der Waals surface area contributed by atoms with E-state index in [-0.39, 0.29) is 42.6 Å². The third-order valence-electron chi connectivity index (χ3n) is 8.44. The van der Waals surface area contributed by atoms with Gasteiger partial charge < -0.3 is 25.3 Å². The van der Waals surface area contributed by atoms with Gasteiger partial charge in [-0.1, -0.05) is 57.9 Å². The Bertz CT molecular complexity index is 1560. The molecule has 0 bridgehead atoms. The van der Waals surface area contributed by atoms with Crippen molar-refractivity contribution in [3.05, 3.63) is 76.6 Å². The summed E-state index contributed by atoms with van der Waals surface area (Å²) in [5, 5.41) is 26.9. The molecule has 1 aliphatic rings. The molecular formula is C35H45N5O6. The highest BCUT2D eigenvalue weighted by Gasteiger charge is 2.32. The molecule has 246 valence electrons. The topological polar surface area (TPSA) is 145 Å². The van der Waals surface area contributed by atoms with Crippen LogP contribution in [0.4, 0.5) is 5.69 Å². The number of carboxylic acids is 1. The maximum absolute atomic E-state index is 14.4. The molecule has 0 radical (unpaired) electrons. The van der Waals surface area contributed by atoms with Crippen LogP contribution in [0.5, 0.6) is 0 Å². The Kier molecular flexibility index (Phi) is 11.7. The third kappa shape index (κ3) is 8.00. The molecule has 0 spiro atoms. The Morgan fingerprint density at radius 2 is 1.70 bits per heavy atom. The lowest BCUT2D eigenvalue weighted by Crippen LogP contribution is -2.46. The van der Waals surface area contributed by atoms with Gasteiger partial charge in [-0.05, 0) is 61.6 Å². The Morgan fingerprint density at radius 1 is 1.02 bits per heavy atom. The van der Waals surface area contributed by atoms with Gasteiger partial charge in [0.2, 0.25) is 5.91 Å². The van der Waals surface area contributed by atoms with Crippen molar-refractivity contribution in [2.45, 2.75) is 78.8 Å². The molecule has 3 amide bonds. The SMILES string of the molecule is CCCCN(CCCC)C(=O)c1cc(C)n(-c2ccc(NC(=O)C(C)CC(=O)O)cc2C(=O)N2Cc3ccccc3C[C@H]2CO)n1. The molecule has 3 aromatic rings. The second-order valence-corrected chi connectivity index (χ2v) is 12.0. The first-order chi connectivity index (χ1) is 22.1. The number of nitrogens with one attached hydrogen (secondary N) is 1. The minimum absolute atomic E-state index is 0.166. The lowest BCUT2D eigenvalue weighted by atomic mass is 9.93. The second-order valence-electron chi connectivity index (χ2n) is 12.0. The van der Waals surface area contributed by atoms with Crippen molar-refractivity contribution in [3.8, 4) is 5.69 Å². The highest BCUT2D eigenvalue weighted by molar-refractivity contribution is 6.01. The highest BCUT2D eigenvalue weighted by atomic mass is 16.4. The van der Waals surface area contributed by atoms with Crippen molar-refractivity contribution in [1.82, 2.24) is 19.6 Å². The first-order valence-electron chi connectivity index (χ1n) is 16.1. The summed E-state index contributed by atoms with van der Waals surface area (Å²) in [7, 11) is 0. The van der Waals surface area contributed by atoms with Crippen LogP contribution in [0.2, 0.25) is 0 Å². The Hall–Kier alpha value is -4.51. The predicted octanol–water partition coefficient (Wildman–Crippen LogP) is 4.83. The molecule has 0 saturated carbocycles. The zero-order chi connectivity index (χ0) is 33.4. The van der Waals surface area contributed by atoms with E-state index in [0.29, 0.717) is 36.6 Å². The first-order valence-corrected chi connectivity index (χ1v) is 16.1. The van der Waals surface area contributed by atoms with Crippen molar-refractivity contribution in [3.63, 3.8) is 0 Å². The molecule has 1 aromatic heterocycles. The highest BCUT2D eigenvalue weighted by Crippen LogP contribution is 2.29. The Labute approximate surface area is 270 Å². The molecule has 0 aliphatic carbocycles. The van der Waals surface area contributed by atoms with Crippen molar-refractivity contribution in [1.29, 1.82) is 0 Å². The molecule has 0 saturated heterocycles. The van der Waals surface area contributed by atoms with E-state index >= 15 is 0 Å². The number of amides is 3. The van der Waals surface area contributed by atoms with Crippen LogP contribution in [0, 0.1) is 12.8 Å². The third-order valence-corrected chi connectivity index (χ3v) is 8.44. The van der Waals surface area contributed by atoms with Crippen LogP contribution >= 0.6 is 0 Å². The fourth-order valence-electron chi connectivity index (χ4n) is 5.73. The van der Waals surface area contributed by atoms with Crippen molar-refractivity contribution >= 4 is 29.4 Å². The van der Waals surface area contributed by atoms with Crippen LogP contribution in [-0.2, 0) is 22.6 Å². The van der Waals surface area contributed by atoms with Crippen LogP contribution in [-0.4, -0.2) is 79.2 Å². The standard InChI is InChI=1S/C35H45N5O6/c1-5-7-15-38(16-8-6-2)35(46)30-18-24(4)40(37-30)31-14-13-27(36-33(44)23(3)17-32(42)43)20-29(31)34(45)39-21-26-12-10-9-11-25(26)19-28(39)22-41/h9-14,18,20,23,28,41H,5-8,15-17,19,21-22H2,1-4H3,(H,36,44)(H,42,43)/t23?,28-/m0/s1. The number of aromatic nitrogens is 2. The normalized spacial score (nSPS) is 14.8. The van der Waals surface area contributed by atoms with E-state index in [1.54, 1.807) is 33.8 Å². The van der Waals surface area contributed by atoms with E-state index in [0.717, 1.165) is 36.8 Å². The number of nitrogens with zero attached hydrogens (tertiary/aromatic N) is 4. The van der Waals surface area contributed by atoms with Gasteiger partial charge in [0.05, 0.1) is 30.3 Å². The Morgan fingerprint density at radius 3 is 2.33 bits per heavy atom. The number of rotatable bonds is 14. The molecular weight excluding hydrogens is 586 g/mol. The first kappa shape index (κ1) is 34.4. The van der Waals surface area contributed by atoms with Gasteiger partial charge in [0.1, 0.15) is 0 Å². The van der Waals surface area contributed by atoms with Crippen molar-refractivity contribution in [2.75, 3.05) is 25.0 Å². The van der Waals surface area contributed by atoms with Crippen LogP contribution < -0.4 is 5.32 Å². The zero-order valence-electron chi connectivity index (χ0n) is 27.2. The van der Waals surface area contributed by atoms with E-state index in [1.165, 1.54) is 6.92 Å². The predicted molar refractivity (Wildman–Crippen MR) is 175 cm³/mol. The zero-order valence-corrected chi connectivity index (χ0v) is 27.2. The second kappa shape index (κ2) is 15.7. The lowest BCUT2D eigenvalue weighted by Gasteiger charge is -2.36. The van der Waals surface area contributed by atoms with Gasteiger partial charge in [-0.3, -0.25) is 19.2 Å². The molecule has 2 heterocycles. The number of aliphatic carboxylic acids is 1. The van der Waals surface area contributed by atoms with E-state index in [2.05, 4.69) is 24.3 Å². The molecule has 11 heteroatoms. The fraction of sp³-hybridized carbons (Fsp3) is 0.457. The maximum atomic E-state index is 14.4. The van der Waals surface area contributed by atoms with E-state index < -0.39 is 23.8 Å². The quantitative estimate of drug-likeness (QED) is 0.231. The summed E-state index contributed by atoms with van der Waals surface area (Å²) < 4.78 is 1.57. The molecule has 2 aromatic carbocycles. The molecule has 1 unspecified atom stereocenters. The van der Waals surface area contributed by atoms with Gasteiger partial charge in [-0.15, -0.1) is 0 Å². The summed E-state index contributed by atoms with van der Waals surface area (Å²) in [6, 6.07) is 13.9. The number of unbranched alkanes of at least 4 members (excludes halogenated alkanes) is 2. The van der Waals surface area contributed by atoms with Gasteiger partial charge in [0.25, 0.3) is 11.8 Å². The molecule has 3 N–H and O–H groups in total. The lowest BCUT2D eigenvalue weighted by molar-refractivity contribution is -0.139. The van der Waals surface area contributed by atoms with Crippen LogP contribution in [0.1, 0.15) is 90.5 Å². The van der Waals surface area contributed by atoms with Crippen LogP contribution in [0.15, 0.2) is 48.5 Å². The monoisotopic (exact) mass is 631 g/mol. The van der Waals surface area contributed by atoms with Gasteiger partial charge in [-0.2, -0.15) is 5.10 Å². The van der Waals surface area contributed by atoms with Gasteiger partial charge in [-0.25, -0.2) is 4.68 Å². The van der Waals surface area contributed by atoms with Crippen LogP contribution in [0.3, 0.4) is 0 Å². The summed E-state index contributed by atoms with van der Waals surface area (Å²) >= 11 is 0. The number of anilines is 1. The average molecular weight is 632 g/mol. The van der Waals surface area contributed by atoms with E-state index in [4.69, 9.17) is 5.11 Å². The molecule has 46 heavy (non-hydrogen) atoms. The fourth-order valence-corrected chi connectivity index (χ4v) is 5.73. The Balaban J connectivity index is 1.75. The molecule has 1 aliphatic heterocycles. The summed E-state index contributed by atoms with van der Waals surface area (Å²) in [5.41, 5.74) is 3.94. The number of carbonyl (C=O) groups is 4. The largest absolute Gasteiger partial charge is 0.481 e. The van der Waals surface area contributed by atoms with Gasteiger partial charge >= 0.3 is 5.97 Å². The van der Waals surface area contributed by atoms with E-state index in [9.17, 15) is 24.3 Å². The minimum Gasteiger partial charge on any atom is -0.481 e.